The van der Waals surface area contributed by atoms with E-state index in [1.807, 2.05) is 0 Å². The van der Waals surface area contributed by atoms with Crippen LogP contribution in [0.2, 0.25) is 0 Å². The van der Waals surface area contributed by atoms with Gasteiger partial charge < -0.3 is 5.32 Å². The largest absolute Gasteiger partial charge is 0.384 e. The fourth-order valence-corrected chi connectivity index (χ4v) is 1.41. The fourth-order valence-electron chi connectivity index (χ4n) is 0.801. The fraction of sp³-hybridized carbons (Fsp3) is 0.556. The van der Waals surface area contributed by atoms with E-state index in [4.69, 9.17) is 0 Å². The summed E-state index contributed by atoms with van der Waals surface area (Å²) < 4.78 is 0. The highest BCUT2D eigenvalue weighted by Crippen LogP contribution is 2.12. The van der Waals surface area contributed by atoms with Crippen molar-refractivity contribution in [3.8, 4) is 0 Å². The molecule has 1 unspecified atom stereocenters. The molecule has 1 nitrogen and oxygen atoms in total. The monoisotopic (exact) mass is 169 g/mol. The molecule has 0 saturated heterocycles. The zero-order valence-corrected chi connectivity index (χ0v) is 7.95. The van der Waals surface area contributed by atoms with Gasteiger partial charge in [0.2, 0.25) is 0 Å². The van der Waals surface area contributed by atoms with Crippen LogP contribution in [0.15, 0.2) is 16.8 Å². The van der Waals surface area contributed by atoms with Gasteiger partial charge in [-0.15, -0.1) is 0 Å². The van der Waals surface area contributed by atoms with Crippen LogP contribution in [0.25, 0.3) is 0 Å². The first-order valence-corrected chi connectivity index (χ1v) is 5.03. The van der Waals surface area contributed by atoms with E-state index in [0.29, 0.717) is 0 Å². The van der Waals surface area contributed by atoms with Crippen LogP contribution in [-0.2, 0) is 0 Å². The Balaban J connectivity index is 2.23. The molecule has 1 rings (SSSR count). The van der Waals surface area contributed by atoms with Gasteiger partial charge >= 0.3 is 0 Å². The minimum Gasteiger partial charge on any atom is -0.384 e. The molecule has 0 bridgehead atoms. The van der Waals surface area contributed by atoms with Gasteiger partial charge in [0.05, 0.1) is 0 Å². The van der Waals surface area contributed by atoms with E-state index >= 15 is 0 Å². The lowest BCUT2D eigenvalue weighted by molar-refractivity contribution is 0.593. The molecule has 0 spiro atoms. The molecule has 11 heavy (non-hydrogen) atoms. The third-order valence-electron chi connectivity index (χ3n) is 1.87. The molecular weight excluding hydrogens is 154 g/mol. The number of hydrogen-bond donors (Lipinski definition) is 1. The second kappa shape index (κ2) is 4.39. The average Bonchev–Trinajstić information content (AvgIpc) is 2.52. The van der Waals surface area contributed by atoms with Crippen molar-refractivity contribution in [3.63, 3.8) is 0 Å². The minimum atomic E-state index is 0.773. The second-order valence-electron chi connectivity index (χ2n) is 2.91. The number of thiophene rings is 1. The molecule has 0 aliphatic heterocycles. The van der Waals surface area contributed by atoms with E-state index in [0.717, 1.165) is 12.5 Å². The second-order valence-corrected chi connectivity index (χ2v) is 3.69. The Morgan fingerprint density at radius 1 is 1.64 bits per heavy atom. The molecule has 62 valence electrons. The number of nitrogens with one attached hydrogen (secondary N) is 1. The summed E-state index contributed by atoms with van der Waals surface area (Å²) in [6.07, 6.45) is 1.25. The molecule has 1 N–H and O–H groups in total. The van der Waals surface area contributed by atoms with Crippen molar-refractivity contribution < 1.29 is 0 Å². The standard InChI is InChI=1S/C9H15NS/c1-3-8(2)6-10-9-4-5-11-7-9/h4-5,7-8,10H,3,6H2,1-2H3. The van der Waals surface area contributed by atoms with Gasteiger partial charge in [-0.25, -0.2) is 0 Å². The van der Waals surface area contributed by atoms with Crippen molar-refractivity contribution in [2.45, 2.75) is 20.3 Å². The first-order valence-electron chi connectivity index (χ1n) is 4.09. The van der Waals surface area contributed by atoms with Crippen LogP contribution in [0.1, 0.15) is 20.3 Å². The summed E-state index contributed by atoms with van der Waals surface area (Å²) >= 11 is 1.74. The molecule has 1 aromatic heterocycles. The van der Waals surface area contributed by atoms with Crippen LogP contribution < -0.4 is 5.32 Å². The van der Waals surface area contributed by atoms with Crippen LogP contribution in [-0.4, -0.2) is 6.54 Å². The van der Waals surface area contributed by atoms with Crippen molar-refractivity contribution in [1.29, 1.82) is 0 Å². The quantitative estimate of drug-likeness (QED) is 0.729. The lowest BCUT2D eigenvalue weighted by Gasteiger charge is -2.08. The van der Waals surface area contributed by atoms with E-state index in [1.165, 1.54) is 12.1 Å². The Morgan fingerprint density at radius 3 is 3.00 bits per heavy atom. The Morgan fingerprint density at radius 2 is 2.45 bits per heavy atom. The predicted molar refractivity (Wildman–Crippen MR) is 52.3 cm³/mol. The van der Waals surface area contributed by atoms with Crippen LogP contribution in [0.3, 0.4) is 0 Å². The predicted octanol–water partition coefficient (Wildman–Crippen LogP) is 3.21. The Hall–Kier alpha value is -0.500. The molecule has 2 heteroatoms. The smallest absolute Gasteiger partial charge is 0.0448 e. The maximum absolute atomic E-state index is 3.39. The first kappa shape index (κ1) is 8.60. The summed E-state index contributed by atoms with van der Waals surface area (Å²) in [5.41, 5.74) is 1.26. The molecule has 0 aliphatic rings. The summed E-state index contributed by atoms with van der Waals surface area (Å²) in [5.74, 6) is 0.773. The average molecular weight is 169 g/mol. The molecule has 0 amide bonds. The van der Waals surface area contributed by atoms with Gasteiger partial charge in [-0.2, -0.15) is 11.3 Å². The van der Waals surface area contributed by atoms with Crippen molar-refractivity contribution in [1.82, 2.24) is 0 Å². The van der Waals surface area contributed by atoms with E-state index < -0.39 is 0 Å². The molecule has 0 radical (unpaired) electrons. The van der Waals surface area contributed by atoms with Gasteiger partial charge in [-0.3, -0.25) is 0 Å². The van der Waals surface area contributed by atoms with E-state index in [2.05, 4.69) is 36.0 Å². The molecule has 0 fully saturated rings. The topological polar surface area (TPSA) is 12.0 Å². The highest BCUT2D eigenvalue weighted by molar-refractivity contribution is 7.08. The molecule has 1 atom stereocenters. The van der Waals surface area contributed by atoms with Crippen LogP contribution >= 0.6 is 11.3 Å². The van der Waals surface area contributed by atoms with Gasteiger partial charge in [0.1, 0.15) is 0 Å². The van der Waals surface area contributed by atoms with Crippen molar-refractivity contribution in [3.05, 3.63) is 16.8 Å². The van der Waals surface area contributed by atoms with Gasteiger partial charge in [-0.1, -0.05) is 20.3 Å². The van der Waals surface area contributed by atoms with Gasteiger partial charge in [0, 0.05) is 17.6 Å². The maximum Gasteiger partial charge on any atom is 0.0448 e. The van der Waals surface area contributed by atoms with Crippen molar-refractivity contribution in [2.75, 3.05) is 11.9 Å². The molecular formula is C9H15NS. The van der Waals surface area contributed by atoms with Crippen molar-refractivity contribution >= 4 is 17.0 Å². The summed E-state index contributed by atoms with van der Waals surface area (Å²) in [5, 5.41) is 7.62. The molecule has 0 aliphatic carbocycles. The summed E-state index contributed by atoms with van der Waals surface area (Å²) in [7, 11) is 0. The van der Waals surface area contributed by atoms with E-state index in [-0.39, 0.29) is 0 Å². The van der Waals surface area contributed by atoms with Gasteiger partial charge in [0.25, 0.3) is 0 Å². The molecule has 0 aromatic carbocycles. The van der Waals surface area contributed by atoms with Gasteiger partial charge in [0.15, 0.2) is 0 Å². The normalized spacial score (nSPS) is 12.9. The van der Waals surface area contributed by atoms with E-state index in [9.17, 15) is 0 Å². The Labute approximate surface area is 72.4 Å². The summed E-state index contributed by atoms with van der Waals surface area (Å²) in [4.78, 5) is 0. The Bertz CT molecular complexity index is 181. The first-order chi connectivity index (χ1) is 5.33. The maximum atomic E-state index is 3.39. The number of anilines is 1. The van der Waals surface area contributed by atoms with Crippen LogP contribution in [0, 0.1) is 5.92 Å². The third kappa shape index (κ3) is 2.93. The SMILES string of the molecule is CCC(C)CNc1ccsc1. The third-order valence-corrected chi connectivity index (χ3v) is 2.56. The molecule has 1 heterocycles. The number of rotatable bonds is 4. The van der Waals surface area contributed by atoms with Crippen LogP contribution in [0.4, 0.5) is 5.69 Å². The Kier molecular flexibility index (Phi) is 3.43. The molecule has 0 saturated carbocycles. The lowest BCUT2D eigenvalue weighted by Crippen LogP contribution is -2.09. The molecule has 1 aromatic rings. The zero-order valence-electron chi connectivity index (χ0n) is 7.13. The van der Waals surface area contributed by atoms with E-state index in [1.54, 1.807) is 11.3 Å². The summed E-state index contributed by atoms with van der Waals surface area (Å²) in [6, 6.07) is 2.12. The van der Waals surface area contributed by atoms with Crippen LogP contribution in [0.5, 0.6) is 0 Å². The van der Waals surface area contributed by atoms with Crippen molar-refractivity contribution in [2.24, 2.45) is 5.92 Å². The lowest BCUT2D eigenvalue weighted by atomic mass is 10.1. The highest BCUT2D eigenvalue weighted by Gasteiger charge is 1.97. The van der Waals surface area contributed by atoms with Gasteiger partial charge in [-0.05, 0) is 17.4 Å². The highest BCUT2D eigenvalue weighted by atomic mass is 32.1. The summed E-state index contributed by atoms with van der Waals surface area (Å²) in [6.45, 7) is 5.58. The minimum absolute atomic E-state index is 0.773. The zero-order chi connectivity index (χ0) is 8.10. The number of hydrogen-bond acceptors (Lipinski definition) is 2.